The smallest absolute Gasteiger partial charge is 0.257 e. The van der Waals surface area contributed by atoms with E-state index in [1.807, 2.05) is 0 Å². The van der Waals surface area contributed by atoms with Crippen LogP contribution in [-0.4, -0.2) is 56.1 Å². The van der Waals surface area contributed by atoms with E-state index in [4.69, 9.17) is 21.1 Å². The van der Waals surface area contributed by atoms with Gasteiger partial charge in [-0.1, -0.05) is 17.7 Å². The maximum absolute atomic E-state index is 14.0. The molecule has 0 atom stereocenters. The highest BCUT2D eigenvalue weighted by atomic mass is 35.5. The maximum Gasteiger partial charge on any atom is 0.257 e. The summed E-state index contributed by atoms with van der Waals surface area (Å²) in [5, 5.41) is 0.426. The molecule has 2 aromatic carbocycles. The average molecular weight is 393 g/mol. The second-order valence-electron chi connectivity index (χ2n) is 6.33. The molecule has 1 heterocycles. The first-order valence-electron chi connectivity index (χ1n) is 8.70. The Bertz CT molecular complexity index is 803. The molecule has 0 saturated carbocycles. The van der Waals surface area contributed by atoms with Crippen LogP contribution in [0.2, 0.25) is 5.02 Å². The van der Waals surface area contributed by atoms with Crippen LogP contribution >= 0.6 is 11.6 Å². The minimum atomic E-state index is -0.304. The maximum atomic E-state index is 14.0. The summed E-state index contributed by atoms with van der Waals surface area (Å²) in [6, 6.07) is 9.87. The molecule has 0 radical (unpaired) electrons. The van der Waals surface area contributed by atoms with Gasteiger partial charge < -0.3 is 14.4 Å². The molecular weight excluding hydrogens is 371 g/mol. The molecule has 2 aromatic rings. The van der Waals surface area contributed by atoms with E-state index in [-0.39, 0.29) is 11.7 Å². The van der Waals surface area contributed by atoms with Crippen molar-refractivity contribution in [3.63, 3.8) is 0 Å². The van der Waals surface area contributed by atoms with Crippen molar-refractivity contribution in [2.75, 3.05) is 40.4 Å². The van der Waals surface area contributed by atoms with Crippen molar-refractivity contribution in [3.8, 4) is 11.5 Å². The number of amides is 1. The topological polar surface area (TPSA) is 42.0 Å². The number of nitrogens with zero attached hydrogens (tertiary/aromatic N) is 2. The van der Waals surface area contributed by atoms with Crippen LogP contribution < -0.4 is 9.47 Å². The number of benzene rings is 2. The van der Waals surface area contributed by atoms with Gasteiger partial charge in [-0.2, -0.15) is 0 Å². The number of hydrogen-bond acceptors (Lipinski definition) is 4. The zero-order chi connectivity index (χ0) is 19.4. The van der Waals surface area contributed by atoms with Gasteiger partial charge in [0.25, 0.3) is 5.91 Å². The molecule has 144 valence electrons. The fourth-order valence-electron chi connectivity index (χ4n) is 3.17. The van der Waals surface area contributed by atoms with E-state index in [0.29, 0.717) is 60.4 Å². The monoisotopic (exact) mass is 392 g/mol. The number of methoxy groups -OCH3 is 2. The summed E-state index contributed by atoms with van der Waals surface area (Å²) in [5.41, 5.74) is 0.968. The highest BCUT2D eigenvalue weighted by molar-refractivity contribution is 6.31. The second-order valence-corrected chi connectivity index (χ2v) is 6.74. The van der Waals surface area contributed by atoms with Crippen molar-refractivity contribution in [2.45, 2.75) is 6.54 Å². The molecular formula is C20H22ClFN2O3. The second kappa shape index (κ2) is 8.59. The van der Waals surface area contributed by atoms with Crippen molar-refractivity contribution in [1.29, 1.82) is 0 Å². The van der Waals surface area contributed by atoms with E-state index < -0.39 is 0 Å². The SMILES string of the molecule is COc1ccc(OC)c(C(=O)N2CCN(Cc3c(F)cccc3Cl)CC2)c1. The van der Waals surface area contributed by atoms with Crippen LogP contribution in [0.5, 0.6) is 11.5 Å². The molecule has 7 heteroatoms. The van der Waals surface area contributed by atoms with Gasteiger partial charge in [0.2, 0.25) is 0 Å². The van der Waals surface area contributed by atoms with Gasteiger partial charge >= 0.3 is 0 Å². The van der Waals surface area contributed by atoms with Gasteiger partial charge in [-0.25, -0.2) is 4.39 Å². The molecule has 0 aliphatic carbocycles. The first-order chi connectivity index (χ1) is 13.0. The lowest BCUT2D eigenvalue weighted by Crippen LogP contribution is -2.48. The van der Waals surface area contributed by atoms with E-state index in [1.54, 1.807) is 42.3 Å². The van der Waals surface area contributed by atoms with E-state index in [0.717, 1.165) is 0 Å². The van der Waals surface area contributed by atoms with Gasteiger partial charge in [-0.3, -0.25) is 9.69 Å². The zero-order valence-corrected chi connectivity index (χ0v) is 16.1. The molecule has 1 saturated heterocycles. The number of halogens is 2. The van der Waals surface area contributed by atoms with Crippen molar-refractivity contribution in [3.05, 3.63) is 58.4 Å². The lowest BCUT2D eigenvalue weighted by atomic mass is 10.1. The Hall–Kier alpha value is -2.31. The summed E-state index contributed by atoms with van der Waals surface area (Å²) in [6.45, 7) is 2.80. The van der Waals surface area contributed by atoms with Gasteiger partial charge in [-0.05, 0) is 30.3 Å². The molecule has 27 heavy (non-hydrogen) atoms. The van der Waals surface area contributed by atoms with Gasteiger partial charge in [0.05, 0.1) is 19.8 Å². The molecule has 0 spiro atoms. The Balaban J connectivity index is 1.66. The number of carbonyl (C=O) groups is 1. The standard InChI is InChI=1S/C20H22ClFN2O3/c1-26-14-6-7-19(27-2)15(12-14)20(25)24-10-8-23(9-11-24)13-16-17(21)4-3-5-18(16)22/h3-7,12H,8-11,13H2,1-2H3. The Morgan fingerprint density at radius 1 is 1.11 bits per heavy atom. The fourth-order valence-corrected chi connectivity index (χ4v) is 3.39. The summed E-state index contributed by atoms with van der Waals surface area (Å²) < 4.78 is 24.5. The van der Waals surface area contributed by atoms with Crippen LogP contribution in [0.15, 0.2) is 36.4 Å². The van der Waals surface area contributed by atoms with Gasteiger partial charge in [0, 0.05) is 43.3 Å². The largest absolute Gasteiger partial charge is 0.497 e. The summed E-state index contributed by atoms with van der Waals surface area (Å²) in [5.74, 6) is 0.713. The molecule has 1 amide bonds. The normalized spacial score (nSPS) is 14.9. The number of ether oxygens (including phenoxy) is 2. The Kier molecular flexibility index (Phi) is 6.19. The third-order valence-corrected chi connectivity index (χ3v) is 5.09. The first-order valence-corrected chi connectivity index (χ1v) is 9.08. The van der Waals surface area contributed by atoms with Crippen LogP contribution in [0.3, 0.4) is 0 Å². The average Bonchev–Trinajstić information content (AvgIpc) is 2.70. The van der Waals surface area contributed by atoms with Gasteiger partial charge in [-0.15, -0.1) is 0 Å². The van der Waals surface area contributed by atoms with Crippen LogP contribution in [-0.2, 0) is 6.54 Å². The van der Waals surface area contributed by atoms with Crippen LogP contribution in [0, 0.1) is 5.82 Å². The molecule has 0 N–H and O–H groups in total. The molecule has 1 fully saturated rings. The molecule has 1 aliphatic rings. The van der Waals surface area contributed by atoms with E-state index in [9.17, 15) is 9.18 Å². The fraction of sp³-hybridized carbons (Fsp3) is 0.350. The van der Waals surface area contributed by atoms with Crippen LogP contribution in [0.1, 0.15) is 15.9 Å². The van der Waals surface area contributed by atoms with Crippen LogP contribution in [0.4, 0.5) is 4.39 Å². The number of piperazine rings is 1. The summed E-state index contributed by atoms with van der Waals surface area (Å²) in [7, 11) is 3.09. The molecule has 0 unspecified atom stereocenters. The Morgan fingerprint density at radius 3 is 2.48 bits per heavy atom. The lowest BCUT2D eigenvalue weighted by molar-refractivity contribution is 0.0623. The minimum absolute atomic E-state index is 0.102. The van der Waals surface area contributed by atoms with Crippen molar-refractivity contribution >= 4 is 17.5 Å². The van der Waals surface area contributed by atoms with Gasteiger partial charge in [0.15, 0.2) is 0 Å². The predicted octanol–water partition coefficient (Wildman–Crippen LogP) is 3.45. The summed E-state index contributed by atoms with van der Waals surface area (Å²) >= 11 is 6.11. The molecule has 0 bridgehead atoms. The summed E-state index contributed by atoms with van der Waals surface area (Å²) in [6.07, 6.45) is 0. The molecule has 5 nitrogen and oxygen atoms in total. The quantitative estimate of drug-likeness (QED) is 0.781. The Labute approximate surface area is 163 Å². The highest BCUT2D eigenvalue weighted by Gasteiger charge is 2.25. The number of rotatable bonds is 5. The number of carbonyl (C=O) groups excluding carboxylic acids is 1. The predicted molar refractivity (Wildman–Crippen MR) is 102 cm³/mol. The first kappa shape index (κ1) is 19.5. The molecule has 1 aliphatic heterocycles. The lowest BCUT2D eigenvalue weighted by Gasteiger charge is -2.35. The molecule has 0 aromatic heterocycles. The Morgan fingerprint density at radius 2 is 1.85 bits per heavy atom. The number of hydrogen-bond donors (Lipinski definition) is 0. The van der Waals surface area contributed by atoms with Crippen molar-refractivity contribution < 1.29 is 18.7 Å². The highest BCUT2D eigenvalue weighted by Crippen LogP contribution is 2.26. The van der Waals surface area contributed by atoms with E-state index in [2.05, 4.69) is 4.90 Å². The van der Waals surface area contributed by atoms with Crippen molar-refractivity contribution in [2.24, 2.45) is 0 Å². The third-order valence-electron chi connectivity index (χ3n) is 4.74. The summed E-state index contributed by atoms with van der Waals surface area (Å²) in [4.78, 5) is 16.8. The van der Waals surface area contributed by atoms with E-state index >= 15 is 0 Å². The zero-order valence-electron chi connectivity index (χ0n) is 15.4. The van der Waals surface area contributed by atoms with E-state index in [1.165, 1.54) is 13.2 Å². The van der Waals surface area contributed by atoms with Crippen LogP contribution in [0.25, 0.3) is 0 Å². The minimum Gasteiger partial charge on any atom is -0.497 e. The van der Waals surface area contributed by atoms with Gasteiger partial charge in [0.1, 0.15) is 17.3 Å². The molecule has 3 rings (SSSR count). The van der Waals surface area contributed by atoms with Crippen molar-refractivity contribution in [1.82, 2.24) is 9.80 Å². The third kappa shape index (κ3) is 4.34.